The Morgan fingerprint density at radius 2 is 1.74 bits per heavy atom. The molecule has 144 valence electrons. The maximum atomic E-state index is 13.8. The van der Waals surface area contributed by atoms with Gasteiger partial charge < -0.3 is 10.6 Å². The number of rotatable bonds is 2. The fourth-order valence-corrected chi connectivity index (χ4v) is 8.83. The molecule has 4 atom stereocenters. The van der Waals surface area contributed by atoms with Crippen LogP contribution in [-0.4, -0.2) is 29.9 Å². The maximum Gasteiger partial charge on any atom is 0.228 e. The average Bonchev–Trinajstić information content (AvgIpc) is 2.55. The first-order chi connectivity index (χ1) is 12.8. The van der Waals surface area contributed by atoms with Crippen molar-refractivity contribution in [3.05, 3.63) is 35.9 Å². The molecule has 3 heteroatoms. The number of amides is 1. The molecule has 1 spiro atoms. The lowest BCUT2D eigenvalue weighted by atomic mass is 9.38. The zero-order chi connectivity index (χ0) is 18.5. The van der Waals surface area contributed by atoms with Gasteiger partial charge in [-0.1, -0.05) is 37.3 Å². The molecule has 6 aliphatic rings. The minimum atomic E-state index is -0.0997. The second-order valence-corrected chi connectivity index (χ2v) is 11.6. The molecule has 1 aromatic rings. The lowest BCUT2D eigenvalue weighted by molar-refractivity contribution is -0.186. The number of carbonyl (C=O) groups excluding carboxylic acids is 1. The highest BCUT2D eigenvalue weighted by Gasteiger charge is 2.66. The molecule has 0 radical (unpaired) electrons. The Balaban J connectivity index is 1.32. The van der Waals surface area contributed by atoms with Gasteiger partial charge in [0.25, 0.3) is 0 Å². The van der Waals surface area contributed by atoms with Gasteiger partial charge in [-0.25, -0.2) is 0 Å². The summed E-state index contributed by atoms with van der Waals surface area (Å²) in [7, 11) is 0. The average molecular weight is 365 g/mol. The van der Waals surface area contributed by atoms with E-state index >= 15 is 0 Å². The lowest BCUT2D eigenvalue weighted by Gasteiger charge is -2.67. The Kier molecular flexibility index (Phi) is 3.06. The highest BCUT2D eigenvalue weighted by Crippen LogP contribution is 2.70. The van der Waals surface area contributed by atoms with Crippen molar-refractivity contribution in [3.8, 4) is 0 Å². The molecule has 2 N–H and O–H groups in total. The lowest BCUT2D eigenvalue weighted by Crippen LogP contribution is -2.70. The van der Waals surface area contributed by atoms with Crippen molar-refractivity contribution in [2.45, 2.75) is 69.7 Å². The van der Waals surface area contributed by atoms with Crippen LogP contribution in [0.3, 0.4) is 0 Å². The van der Waals surface area contributed by atoms with Gasteiger partial charge in [-0.15, -0.1) is 0 Å². The van der Waals surface area contributed by atoms with E-state index in [1.54, 1.807) is 0 Å². The van der Waals surface area contributed by atoms with Gasteiger partial charge in [0.1, 0.15) is 0 Å². The molecule has 3 nitrogen and oxygen atoms in total. The Bertz CT molecular complexity index is 792. The molecule has 5 saturated carbocycles. The molecule has 1 aromatic carbocycles. The topological polar surface area (TPSA) is 46.3 Å². The molecule has 7 rings (SSSR count). The molecule has 4 bridgehead atoms. The van der Waals surface area contributed by atoms with Gasteiger partial charge in [-0.3, -0.25) is 4.79 Å². The van der Waals surface area contributed by atoms with E-state index in [4.69, 9.17) is 5.73 Å². The zero-order valence-corrected chi connectivity index (χ0v) is 16.5. The van der Waals surface area contributed by atoms with Gasteiger partial charge in [0.05, 0.1) is 5.41 Å². The van der Waals surface area contributed by atoms with Crippen molar-refractivity contribution >= 4 is 5.91 Å². The number of hydrogen-bond acceptors (Lipinski definition) is 2. The molecule has 5 aliphatic carbocycles. The molecule has 6 fully saturated rings. The van der Waals surface area contributed by atoms with Crippen LogP contribution in [0.1, 0.15) is 63.9 Å². The van der Waals surface area contributed by atoms with Crippen molar-refractivity contribution < 1.29 is 4.79 Å². The minimum Gasteiger partial charge on any atom is -0.341 e. The monoisotopic (exact) mass is 364 g/mol. The number of carbonyl (C=O) groups is 1. The van der Waals surface area contributed by atoms with E-state index in [0.717, 1.165) is 51.1 Å². The van der Waals surface area contributed by atoms with E-state index in [0.29, 0.717) is 22.8 Å². The van der Waals surface area contributed by atoms with Crippen LogP contribution < -0.4 is 5.73 Å². The summed E-state index contributed by atoms with van der Waals surface area (Å²) in [4.78, 5) is 16.0. The van der Waals surface area contributed by atoms with Crippen LogP contribution in [0, 0.1) is 22.2 Å². The number of nitrogens with two attached hydrogens (primary N) is 1. The van der Waals surface area contributed by atoms with Crippen LogP contribution in [0.25, 0.3) is 0 Å². The maximum absolute atomic E-state index is 13.8. The van der Waals surface area contributed by atoms with Crippen molar-refractivity contribution in [1.29, 1.82) is 0 Å². The summed E-state index contributed by atoms with van der Waals surface area (Å²) in [5, 5.41) is 0. The Hall–Kier alpha value is -1.35. The molecule has 0 aromatic heterocycles. The largest absolute Gasteiger partial charge is 0.341 e. The molecule has 1 saturated heterocycles. The van der Waals surface area contributed by atoms with Crippen LogP contribution in [-0.2, 0) is 10.2 Å². The van der Waals surface area contributed by atoms with Crippen LogP contribution in [0.15, 0.2) is 30.3 Å². The minimum absolute atomic E-state index is 0.0997. The molecular formula is C24H32N2O. The summed E-state index contributed by atoms with van der Waals surface area (Å²) in [6, 6.07) is 11.5. The Morgan fingerprint density at radius 3 is 2.41 bits per heavy atom. The summed E-state index contributed by atoms with van der Waals surface area (Å²) in [6.07, 6.45) is 9.48. The van der Waals surface area contributed by atoms with E-state index in [1.165, 1.54) is 24.8 Å². The van der Waals surface area contributed by atoms with Crippen LogP contribution in [0.4, 0.5) is 0 Å². The first-order valence-electron chi connectivity index (χ1n) is 10.9. The molecular weight excluding hydrogens is 332 g/mol. The fraction of sp³-hybridized carbons (Fsp3) is 0.708. The summed E-state index contributed by atoms with van der Waals surface area (Å²) < 4.78 is 0. The van der Waals surface area contributed by atoms with Crippen LogP contribution in [0.2, 0.25) is 0 Å². The first kappa shape index (κ1) is 16.6. The van der Waals surface area contributed by atoms with E-state index in [1.807, 2.05) is 0 Å². The van der Waals surface area contributed by atoms with Crippen LogP contribution >= 0.6 is 0 Å². The molecule has 2 unspecified atom stereocenters. The van der Waals surface area contributed by atoms with Crippen molar-refractivity contribution in [2.75, 3.05) is 13.1 Å². The zero-order valence-electron chi connectivity index (χ0n) is 16.5. The normalized spacial score (nSPS) is 44.2. The summed E-state index contributed by atoms with van der Waals surface area (Å²) >= 11 is 0. The van der Waals surface area contributed by atoms with E-state index in [-0.39, 0.29) is 10.8 Å². The second kappa shape index (κ2) is 4.97. The van der Waals surface area contributed by atoms with E-state index in [9.17, 15) is 4.79 Å². The molecule has 27 heavy (non-hydrogen) atoms. The fourth-order valence-electron chi connectivity index (χ4n) is 8.83. The smallest absolute Gasteiger partial charge is 0.228 e. The molecule has 1 heterocycles. The van der Waals surface area contributed by atoms with Gasteiger partial charge in [0.15, 0.2) is 0 Å². The van der Waals surface area contributed by atoms with E-state index < -0.39 is 0 Å². The predicted octanol–water partition coefficient (Wildman–Crippen LogP) is 3.86. The number of benzene rings is 1. The summed E-state index contributed by atoms with van der Waals surface area (Å²) in [6.45, 7) is 4.42. The van der Waals surface area contributed by atoms with Gasteiger partial charge in [-0.2, -0.15) is 0 Å². The summed E-state index contributed by atoms with van der Waals surface area (Å²) in [5.74, 6) is 1.21. The molecule has 1 amide bonds. The highest BCUT2D eigenvalue weighted by molar-refractivity contribution is 5.84. The van der Waals surface area contributed by atoms with E-state index in [2.05, 4.69) is 42.2 Å². The quantitative estimate of drug-likeness (QED) is 0.866. The van der Waals surface area contributed by atoms with Crippen molar-refractivity contribution in [1.82, 2.24) is 4.90 Å². The van der Waals surface area contributed by atoms with Gasteiger partial charge in [-0.05, 0) is 73.7 Å². The number of likely N-dealkylation sites (tertiary alicyclic amines) is 1. The van der Waals surface area contributed by atoms with Crippen molar-refractivity contribution in [3.63, 3.8) is 0 Å². The summed E-state index contributed by atoms with van der Waals surface area (Å²) in [5.41, 5.74) is 8.37. The van der Waals surface area contributed by atoms with Gasteiger partial charge in [0, 0.05) is 24.5 Å². The Labute approximate surface area is 162 Å². The SMILES string of the molecule is C[C@]12CC3CC(C(=O)N4CC5(CC(N)C5)C4)(C1)C[C@@](c1ccccc1)(C3)C2. The van der Waals surface area contributed by atoms with Crippen molar-refractivity contribution in [2.24, 2.45) is 27.9 Å². The number of nitrogens with zero attached hydrogens (tertiary/aromatic N) is 1. The third-order valence-corrected chi connectivity index (χ3v) is 8.92. The highest BCUT2D eigenvalue weighted by atomic mass is 16.2. The Morgan fingerprint density at radius 1 is 1.00 bits per heavy atom. The van der Waals surface area contributed by atoms with Gasteiger partial charge in [0.2, 0.25) is 5.91 Å². The third-order valence-electron chi connectivity index (χ3n) is 8.92. The van der Waals surface area contributed by atoms with Gasteiger partial charge >= 0.3 is 0 Å². The molecule has 1 aliphatic heterocycles. The third kappa shape index (κ3) is 2.21. The number of hydrogen-bond donors (Lipinski definition) is 1. The van der Waals surface area contributed by atoms with Crippen LogP contribution in [0.5, 0.6) is 0 Å². The standard InChI is InChI=1S/C24H32N2O/c1-21-7-17-8-23(12-21,18-5-3-2-4-6-18)14-24(9-17,13-21)20(27)26-15-22(16-26)10-19(25)11-22/h2-6,17,19H,7-16,25H2,1H3/t17?,21-,23-,24?/m1/s1. The predicted molar refractivity (Wildman–Crippen MR) is 106 cm³/mol. The first-order valence-corrected chi connectivity index (χ1v) is 10.9. The second-order valence-electron chi connectivity index (χ2n) is 11.6.